The maximum atomic E-state index is 12.2. The average molecular weight is 328 g/mol. The predicted molar refractivity (Wildman–Crippen MR) is 76.6 cm³/mol. The molecule has 0 unspecified atom stereocenters. The fourth-order valence-corrected chi connectivity index (χ4v) is 2.68. The number of aryl methyl sites for hydroxylation is 1. The largest absolute Gasteiger partial charge is 0.477 e. The minimum atomic E-state index is -4.32. The highest BCUT2D eigenvalue weighted by atomic mass is 32.2. The van der Waals surface area contributed by atoms with Gasteiger partial charge in [0.05, 0.1) is 0 Å². The molecule has 0 fully saturated rings. The summed E-state index contributed by atoms with van der Waals surface area (Å²) in [5.41, 5.74) is -0.277. The zero-order valence-electron chi connectivity index (χ0n) is 12.2. The number of allylic oxidation sites excluding steroid dienone is 1. The second-order valence-electron chi connectivity index (χ2n) is 4.85. The highest BCUT2D eigenvalue weighted by Crippen LogP contribution is 2.24. The Morgan fingerprint density at radius 1 is 1.05 bits per heavy atom. The lowest BCUT2D eigenvalue weighted by Gasteiger charge is -2.15. The van der Waals surface area contributed by atoms with E-state index in [0.29, 0.717) is 0 Å². The molecule has 0 aromatic heterocycles. The third-order valence-electron chi connectivity index (χ3n) is 2.71. The van der Waals surface area contributed by atoms with Crippen LogP contribution in [-0.4, -0.2) is 30.6 Å². The number of hydrogen-bond donors (Lipinski definition) is 2. The van der Waals surface area contributed by atoms with E-state index in [2.05, 4.69) is 0 Å². The molecule has 1 aromatic rings. The first kappa shape index (κ1) is 17.7. The van der Waals surface area contributed by atoms with Crippen LogP contribution >= 0.6 is 0 Å². The summed E-state index contributed by atoms with van der Waals surface area (Å²) in [7, 11) is -4.32. The minimum absolute atomic E-state index is 0.189. The number of hydrogen-bond acceptors (Lipinski definition) is 5. The topological polar surface area (TPSA) is 118 Å². The van der Waals surface area contributed by atoms with E-state index in [0.717, 1.165) is 5.56 Å². The SMILES string of the molecule is Cc1ccc(S(=O)(=O)OC(=C(C(=O)O)C(=O)O)C(C)C)cc1. The van der Waals surface area contributed by atoms with Crippen LogP contribution < -0.4 is 0 Å². The Kier molecular flexibility index (Phi) is 5.32. The molecule has 7 nitrogen and oxygen atoms in total. The zero-order valence-corrected chi connectivity index (χ0v) is 13.0. The number of rotatable bonds is 6. The lowest BCUT2D eigenvalue weighted by atomic mass is 10.1. The smallest absolute Gasteiger partial charge is 0.346 e. The van der Waals surface area contributed by atoms with Gasteiger partial charge in [-0.3, -0.25) is 0 Å². The van der Waals surface area contributed by atoms with Crippen molar-refractivity contribution in [1.29, 1.82) is 0 Å². The van der Waals surface area contributed by atoms with Gasteiger partial charge in [0.2, 0.25) is 0 Å². The molecule has 1 rings (SSSR count). The molecule has 0 spiro atoms. The summed E-state index contributed by atoms with van der Waals surface area (Å²) >= 11 is 0. The first-order valence-corrected chi connectivity index (χ1v) is 7.69. The van der Waals surface area contributed by atoms with Crippen LogP contribution in [0.1, 0.15) is 19.4 Å². The number of aliphatic carboxylic acids is 2. The second kappa shape index (κ2) is 6.61. The Morgan fingerprint density at radius 3 is 1.86 bits per heavy atom. The molecule has 120 valence electrons. The van der Waals surface area contributed by atoms with Gasteiger partial charge in [-0.1, -0.05) is 31.5 Å². The van der Waals surface area contributed by atoms with Crippen molar-refractivity contribution in [3.8, 4) is 0 Å². The van der Waals surface area contributed by atoms with E-state index in [4.69, 9.17) is 14.4 Å². The molecule has 0 saturated heterocycles. The van der Waals surface area contributed by atoms with Crippen LogP contribution in [0.3, 0.4) is 0 Å². The quantitative estimate of drug-likeness (QED) is 0.269. The molecule has 0 aliphatic rings. The van der Waals surface area contributed by atoms with Crippen LogP contribution in [0.5, 0.6) is 0 Å². The molecule has 8 heteroatoms. The monoisotopic (exact) mass is 328 g/mol. The van der Waals surface area contributed by atoms with Crippen molar-refractivity contribution in [3.05, 3.63) is 41.2 Å². The maximum absolute atomic E-state index is 12.2. The molecule has 0 amide bonds. The molecule has 22 heavy (non-hydrogen) atoms. The van der Waals surface area contributed by atoms with Crippen LogP contribution in [0.4, 0.5) is 0 Å². The highest BCUT2D eigenvalue weighted by molar-refractivity contribution is 7.86. The molecule has 0 atom stereocenters. The molecule has 0 saturated carbocycles. The van der Waals surface area contributed by atoms with E-state index in [1.165, 1.54) is 26.0 Å². The number of carboxylic acids is 2. The van der Waals surface area contributed by atoms with Gasteiger partial charge in [0.15, 0.2) is 5.57 Å². The summed E-state index contributed by atoms with van der Waals surface area (Å²) in [6.45, 7) is 4.64. The molecule has 0 heterocycles. The Labute approximate surface area is 128 Å². The molecule has 0 aliphatic carbocycles. The highest BCUT2D eigenvalue weighted by Gasteiger charge is 2.29. The third kappa shape index (κ3) is 4.08. The normalized spacial score (nSPS) is 11.1. The van der Waals surface area contributed by atoms with Gasteiger partial charge in [-0.15, -0.1) is 0 Å². The molecular weight excluding hydrogens is 312 g/mol. The summed E-state index contributed by atoms with van der Waals surface area (Å²) in [6, 6.07) is 5.68. The van der Waals surface area contributed by atoms with Gasteiger partial charge in [-0.2, -0.15) is 8.42 Å². The third-order valence-corrected chi connectivity index (χ3v) is 3.96. The molecular formula is C14H16O7S. The van der Waals surface area contributed by atoms with Crippen molar-refractivity contribution < 1.29 is 32.4 Å². The van der Waals surface area contributed by atoms with Gasteiger partial charge in [-0.05, 0) is 19.1 Å². The molecule has 0 radical (unpaired) electrons. The van der Waals surface area contributed by atoms with E-state index in [1.54, 1.807) is 19.1 Å². The lowest BCUT2D eigenvalue weighted by molar-refractivity contribution is -0.140. The minimum Gasteiger partial charge on any atom is -0.477 e. The Balaban J connectivity index is 3.37. The van der Waals surface area contributed by atoms with Crippen LogP contribution in [-0.2, 0) is 23.9 Å². The van der Waals surface area contributed by atoms with Crippen molar-refractivity contribution in [2.24, 2.45) is 5.92 Å². The predicted octanol–water partition coefficient (Wildman–Crippen LogP) is 1.78. The standard InChI is InChI=1S/C14H16O7S/c1-8(2)12(11(13(15)16)14(17)18)21-22(19,20)10-6-4-9(3)5-7-10/h4-8H,1-3H3,(H,15,16)(H,17,18). The first-order chi connectivity index (χ1) is 10.1. The van der Waals surface area contributed by atoms with Crippen LogP contribution in [0.15, 0.2) is 40.5 Å². The van der Waals surface area contributed by atoms with E-state index in [9.17, 15) is 18.0 Å². The molecule has 2 N–H and O–H groups in total. The average Bonchev–Trinajstić information content (AvgIpc) is 2.37. The van der Waals surface area contributed by atoms with E-state index in [1.807, 2.05) is 0 Å². The van der Waals surface area contributed by atoms with Gasteiger partial charge >= 0.3 is 22.1 Å². The first-order valence-electron chi connectivity index (χ1n) is 6.28. The number of benzene rings is 1. The summed E-state index contributed by atoms with van der Waals surface area (Å²) < 4.78 is 29.1. The summed E-state index contributed by atoms with van der Waals surface area (Å²) in [6.07, 6.45) is 0. The van der Waals surface area contributed by atoms with Gasteiger partial charge < -0.3 is 14.4 Å². The molecule has 0 aliphatic heterocycles. The maximum Gasteiger partial charge on any atom is 0.346 e. The van der Waals surface area contributed by atoms with Crippen LogP contribution in [0, 0.1) is 12.8 Å². The van der Waals surface area contributed by atoms with Gasteiger partial charge in [-0.25, -0.2) is 9.59 Å². The summed E-state index contributed by atoms with van der Waals surface area (Å²) in [5, 5.41) is 17.9. The molecule has 1 aromatic carbocycles. The summed E-state index contributed by atoms with van der Waals surface area (Å²) in [4.78, 5) is 21.9. The number of carboxylic acid groups (broad SMARTS) is 2. The van der Waals surface area contributed by atoms with Crippen molar-refractivity contribution in [2.45, 2.75) is 25.7 Å². The van der Waals surface area contributed by atoms with Crippen LogP contribution in [0.2, 0.25) is 0 Å². The second-order valence-corrected chi connectivity index (χ2v) is 6.40. The van der Waals surface area contributed by atoms with Crippen molar-refractivity contribution in [3.63, 3.8) is 0 Å². The van der Waals surface area contributed by atoms with Crippen molar-refractivity contribution in [2.75, 3.05) is 0 Å². The molecule has 0 bridgehead atoms. The number of carbonyl (C=O) groups is 2. The zero-order chi connectivity index (χ0) is 17.1. The Morgan fingerprint density at radius 2 is 1.50 bits per heavy atom. The fraction of sp³-hybridized carbons (Fsp3) is 0.286. The van der Waals surface area contributed by atoms with Gasteiger partial charge in [0, 0.05) is 5.92 Å². The van der Waals surface area contributed by atoms with E-state index < -0.39 is 39.3 Å². The van der Waals surface area contributed by atoms with Crippen molar-refractivity contribution in [1.82, 2.24) is 0 Å². The fourth-order valence-electron chi connectivity index (χ4n) is 1.60. The van der Waals surface area contributed by atoms with Gasteiger partial charge in [0.1, 0.15) is 10.7 Å². The van der Waals surface area contributed by atoms with E-state index >= 15 is 0 Å². The van der Waals surface area contributed by atoms with Crippen molar-refractivity contribution >= 4 is 22.1 Å². The lowest BCUT2D eigenvalue weighted by Crippen LogP contribution is -2.20. The summed E-state index contributed by atoms with van der Waals surface area (Å²) in [5.74, 6) is -4.91. The Bertz CT molecular complexity index is 696. The van der Waals surface area contributed by atoms with E-state index in [-0.39, 0.29) is 4.90 Å². The van der Waals surface area contributed by atoms with Crippen LogP contribution in [0.25, 0.3) is 0 Å². The Hall–Kier alpha value is -2.35. The van der Waals surface area contributed by atoms with Gasteiger partial charge in [0.25, 0.3) is 0 Å².